The summed E-state index contributed by atoms with van der Waals surface area (Å²) in [7, 11) is 3.10. The second kappa shape index (κ2) is 7.21. The molecule has 0 bridgehead atoms. The van der Waals surface area contributed by atoms with Crippen LogP contribution in [0.1, 0.15) is 26.6 Å². The van der Waals surface area contributed by atoms with Gasteiger partial charge in [-0.2, -0.15) is 0 Å². The predicted octanol–water partition coefficient (Wildman–Crippen LogP) is 0.378. The molecule has 7 nitrogen and oxygen atoms in total. The number of hydrogen-bond donors (Lipinski definition) is 1. The van der Waals surface area contributed by atoms with E-state index in [0.29, 0.717) is 17.7 Å². The molecular formula is C14H25N5O2. The lowest BCUT2D eigenvalue weighted by Gasteiger charge is -2.04. The van der Waals surface area contributed by atoms with Gasteiger partial charge in [0.1, 0.15) is 5.82 Å². The van der Waals surface area contributed by atoms with Crippen LogP contribution in [-0.4, -0.2) is 31.8 Å². The lowest BCUT2D eigenvalue weighted by atomic mass is 10.5. The van der Waals surface area contributed by atoms with Crippen LogP contribution >= 0.6 is 0 Å². The Morgan fingerprint density at radius 1 is 1.05 bits per heavy atom. The molecule has 0 saturated carbocycles. The highest BCUT2D eigenvalue weighted by Crippen LogP contribution is 2.09. The average molecular weight is 295 g/mol. The van der Waals surface area contributed by atoms with E-state index >= 15 is 0 Å². The van der Waals surface area contributed by atoms with Crippen LogP contribution in [0.5, 0.6) is 0 Å². The first-order valence-electron chi connectivity index (χ1n) is 7.24. The summed E-state index contributed by atoms with van der Waals surface area (Å²) in [5, 5.41) is 3.11. The van der Waals surface area contributed by atoms with Gasteiger partial charge < -0.3 is 9.88 Å². The third-order valence-corrected chi connectivity index (χ3v) is 3.36. The Morgan fingerprint density at radius 3 is 2.05 bits per heavy atom. The highest BCUT2D eigenvalue weighted by molar-refractivity contribution is 5.70. The summed E-state index contributed by atoms with van der Waals surface area (Å²) in [6.45, 7) is 10.8. The van der Waals surface area contributed by atoms with Crippen molar-refractivity contribution in [2.75, 3.05) is 13.1 Å². The van der Waals surface area contributed by atoms with E-state index < -0.39 is 0 Å². The van der Waals surface area contributed by atoms with Crippen molar-refractivity contribution >= 4 is 11.2 Å². The first-order chi connectivity index (χ1) is 9.90. The van der Waals surface area contributed by atoms with E-state index in [1.165, 1.54) is 11.6 Å². The van der Waals surface area contributed by atoms with Crippen molar-refractivity contribution in [3.05, 3.63) is 26.7 Å². The van der Waals surface area contributed by atoms with Crippen molar-refractivity contribution in [1.82, 2.24) is 24.0 Å². The van der Waals surface area contributed by atoms with Crippen LogP contribution in [-0.2, 0) is 20.6 Å². The molecule has 0 saturated heterocycles. The van der Waals surface area contributed by atoms with E-state index in [4.69, 9.17) is 0 Å². The van der Waals surface area contributed by atoms with Gasteiger partial charge in [0.2, 0.25) is 0 Å². The molecule has 21 heavy (non-hydrogen) atoms. The molecule has 0 aliphatic rings. The fourth-order valence-corrected chi connectivity index (χ4v) is 2.19. The van der Waals surface area contributed by atoms with Gasteiger partial charge in [0.25, 0.3) is 5.56 Å². The van der Waals surface area contributed by atoms with Crippen LogP contribution in [0.15, 0.2) is 9.59 Å². The normalized spacial score (nSPS) is 10.6. The Balaban J connectivity index is 0.000000383. The van der Waals surface area contributed by atoms with Crippen molar-refractivity contribution in [3.63, 3.8) is 0 Å². The lowest BCUT2D eigenvalue weighted by molar-refractivity contribution is 0.697. The van der Waals surface area contributed by atoms with Gasteiger partial charge in [0.05, 0.1) is 0 Å². The number of aryl methyl sites for hydroxylation is 3. The molecule has 118 valence electrons. The first kappa shape index (κ1) is 17.2. The smallest absolute Gasteiger partial charge is 0.323 e. The minimum atomic E-state index is -0.349. The number of nitrogens with zero attached hydrogens (tertiary/aromatic N) is 4. The van der Waals surface area contributed by atoms with Gasteiger partial charge in [-0.05, 0) is 26.9 Å². The van der Waals surface area contributed by atoms with E-state index in [9.17, 15) is 9.59 Å². The molecule has 0 aliphatic heterocycles. The topological polar surface area (TPSA) is 73.8 Å². The van der Waals surface area contributed by atoms with E-state index in [1.54, 1.807) is 7.05 Å². The average Bonchev–Trinajstić information content (AvgIpc) is 2.81. The van der Waals surface area contributed by atoms with E-state index in [-0.39, 0.29) is 11.2 Å². The van der Waals surface area contributed by atoms with Crippen molar-refractivity contribution in [2.24, 2.45) is 14.1 Å². The highest BCUT2D eigenvalue weighted by Gasteiger charge is 2.15. The second-order valence-corrected chi connectivity index (χ2v) is 4.74. The molecule has 7 heteroatoms. The van der Waals surface area contributed by atoms with Crippen LogP contribution in [0.2, 0.25) is 0 Å². The molecular weight excluding hydrogens is 270 g/mol. The minimum absolute atomic E-state index is 0.291. The number of imidazole rings is 1. The number of fused-ring (bicyclic) bond motifs is 1. The van der Waals surface area contributed by atoms with Gasteiger partial charge >= 0.3 is 5.69 Å². The fraction of sp³-hybridized carbons (Fsp3) is 0.643. The van der Waals surface area contributed by atoms with Crippen LogP contribution < -0.4 is 16.6 Å². The molecule has 2 rings (SSSR count). The molecule has 0 radical (unpaired) electrons. The Kier molecular flexibility index (Phi) is 5.90. The van der Waals surface area contributed by atoms with Crippen molar-refractivity contribution < 1.29 is 0 Å². The maximum absolute atomic E-state index is 12.0. The monoisotopic (exact) mass is 295 g/mol. The zero-order valence-corrected chi connectivity index (χ0v) is 13.7. The molecule has 1 N–H and O–H groups in total. The third kappa shape index (κ3) is 3.24. The van der Waals surface area contributed by atoms with Crippen molar-refractivity contribution in [1.29, 1.82) is 0 Å². The van der Waals surface area contributed by atoms with Gasteiger partial charge in [-0.15, -0.1) is 0 Å². The largest absolute Gasteiger partial charge is 0.332 e. The quantitative estimate of drug-likeness (QED) is 0.888. The molecule has 2 heterocycles. The predicted molar refractivity (Wildman–Crippen MR) is 84.8 cm³/mol. The number of nitrogens with one attached hydrogen (secondary N) is 1. The molecule has 0 aromatic carbocycles. The summed E-state index contributed by atoms with van der Waals surface area (Å²) in [4.78, 5) is 27.9. The summed E-state index contributed by atoms with van der Waals surface area (Å²) in [6, 6.07) is 0. The van der Waals surface area contributed by atoms with Gasteiger partial charge in [-0.25, -0.2) is 9.78 Å². The van der Waals surface area contributed by atoms with Crippen molar-refractivity contribution in [2.45, 2.75) is 34.2 Å². The summed E-state index contributed by atoms with van der Waals surface area (Å²) >= 11 is 0. The Bertz CT molecular complexity index is 722. The Morgan fingerprint density at radius 2 is 1.62 bits per heavy atom. The molecule has 0 unspecified atom stereocenters. The SMILES string of the molecule is CCNCC.CCn1c(C)nc2c1c(=O)n(C)c(=O)n2C. The zero-order valence-electron chi connectivity index (χ0n) is 13.7. The maximum atomic E-state index is 12.0. The van der Waals surface area contributed by atoms with Gasteiger partial charge in [0.15, 0.2) is 11.2 Å². The van der Waals surface area contributed by atoms with E-state index in [0.717, 1.165) is 23.5 Å². The molecule has 2 aromatic heterocycles. The summed E-state index contributed by atoms with van der Waals surface area (Å²) in [5.41, 5.74) is 0.302. The maximum Gasteiger partial charge on any atom is 0.332 e. The molecule has 0 aliphatic carbocycles. The number of rotatable bonds is 3. The second-order valence-electron chi connectivity index (χ2n) is 4.74. The molecule has 0 amide bonds. The van der Waals surface area contributed by atoms with Gasteiger partial charge in [-0.1, -0.05) is 13.8 Å². The first-order valence-corrected chi connectivity index (χ1v) is 7.24. The van der Waals surface area contributed by atoms with Crippen LogP contribution in [0.4, 0.5) is 0 Å². The molecule has 2 aromatic rings. The van der Waals surface area contributed by atoms with Crippen LogP contribution in [0.3, 0.4) is 0 Å². The van der Waals surface area contributed by atoms with Crippen LogP contribution in [0.25, 0.3) is 11.2 Å². The fourth-order valence-electron chi connectivity index (χ4n) is 2.19. The van der Waals surface area contributed by atoms with Crippen molar-refractivity contribution in [3.8, 4) is 0 Å². The summed E-state index contributed by atoms with van der Waals surface area (Å²) in [6.07, 6.45) is 0. The minimum Gasteiger partial charge on any atom is -0.323 e. The molecule has 0 fully saturated rings. The third-order valence-electron chi connectivity index (χ3n) is 3.36. The summed E-state index contributed by atoms with van der Waals surface area (Å²) in [5.74, 6) is 0.746. The molecule has 0 spiro atoms. The number of aromatic nitrogens is 4. The van der Waals surface area contributed by atoms with E-state index in [1.807, 2.05) is 18.4 Å². The Labute approximate surface area is 124 Å². The standard InChI is InChI=1S/C10H14N4O2.C4H11N/c1-5-14-6(2)11-8-7(14)9(15)13(4)10(16)12(8)3;1-3-5-4-2/h5H2,1-4H3;5H,3-4H2,1-2H3. The lowest BCUT2D eigenvalue weighted by Crippen LogP contribution is -2.37. The van der Waals surface area contributed by atoms with Gasteiger partial charge in [-0.3, -0.25) is 13.9 Å². The van der Waals surface area contributed by atoms with E-state index in [2.05, 4.69) is 24.1 Å². The highest BCUT2D eigenvalue weighted by atomic mass is 16.2. The van der Waals surface area contributed by atoms with Gasteiger partial charge in [0, 0.05) is 20.6 Å². The summed E-state index contributed by atoms with van der Waals surface area (Å²) < 4.78 is 4.32. The number of hydrogen-bond acceptors (Lipinski definition) is 4. The zero-order chi connectivity index (χ0) is 16.2. The Hall–Kier alpha value is -1.89. The molecule has 0 atom stereocenters. The van der Waals surface area contributed by atoms with Crippen LogP contribution in [0, 0.1) is 6.92 Å².